The van der Waals surface area contributed by atoms with Crippen molar-refractivity contribution in [1.29, 1.82) is 0 Å². The molecule has 0 spiro atoms. The third-order valence-electron chi connectivity index (χ3n) is 4.39. The molecule has 20 heavy (non-hydrogen) atoms. The van der Waals surface area contributed by atoms with E-state index in [1.807, 2.05) is 11.8 Å². The number of likely N-dealkylation sites (tertiary alicyclic amines) is 1. The molecule has 0 bridgehead atoms. The Kier molecular flexibility index (Phi) is 4.05. The maximum Gasteiger partial charge on any atom is 0.274 e. The summed E-state index contributed by atoms with van der Waals surface area (Å²) in [5.41, 5.74) is 3.00. The van der Waals surface area contributed by atoms with E-state index >= 15 is 0 Å². The summed E-state index contributed by atoms with van der Waals surface area (Å²) in [5, 5.41) is 7.34. The van der Waals surface area contributed by atoms with Gasteiger partial charge in [-0.05, 0) is 39.0 Å². The smallest absolute Gasteiger partial charge is 0.274 e. The summed E-state index contributed by atoms with van der Waals surface area (Å²) in [6.45, 7) is 5.16. The van der Waals surface area contributed by atoms with E-state index in [0.29, 0.717) is 11.6 Å². The average Bonchev–Trinajstić information content (AvgIpc) is 3.11. The molecule has 5 heteroatoms. The number of rotatable bonds is 4. The van der Waals surface area contributed by atoms with Crippen LogP contribution in [0, 0.1) is 5.92 Å². The van der Waals surface area contributed by atoms with Crippen molar-refractivity contribution in [2.75, 3.05) is 26.3 Å². The summed E-state index contributed by atoms with van der Waals surface area (Å²) >= 11 is 0. The average molecular weight is 277 g/mol. The zero-order chi connectivity index (χ0) is 13.9. The molecule has 110 valence electrons. The fourth-order valence-electron chi connectivity index (χ4n) is 3.25. The van der Waals surface area contributed by atoms with E-state index in [4.69, 9.17) is 4.74 Å². The maximum absolute atomic E-state index is 12.6. The van der Waals surface area contributed by atoms with Crippen LogP contribution in [0.2, 0.25) is 0 Å². The largest absolute Gasteiger partial charge is 0.381 e. The molecule has 1 saturated heterocycles. The first kappa shape index (κ1) is 13.6. The van der Waals surface area contributed by atoms with Crippen LogP contribution >= 0.6 is 0 Å². The molecule has 0 unspecified atom stereocenters. The minimum Gasteiger partial charge on any atom is -0.381 e. The van der Waals surface area contributed by atoms with Gasteiger partial charge in [0.05, 0.1) is 6.61 Å². The van der Waals surface area contributed by atoms with Crippen molar-refractivity contribution in [2.45, 2.75) is 39.0 Å². The number of hydrogen-bond acceptors (Lipinski definition) is 3. The van der Waals surface area contributed by atoms with Crippen molar-refractivity contribution in [2.24, 2.45) is 5.92 Å². The van der Waals surface area contributed by atoms with E-state index in [2.05, 4.69) is 10.2 Å². The van der Waals surface area contributed by atoms with Gasteiger partial charge in [0.15, 0.2) is 5.69 Å². The second kappa shape index (κ2) is 5.95. The first-order chi connectivity index (χ1) is 9.79. The van der Waals surface area contributed by atoms with E-state index in [1.54, 1.807) is 0 Å². The Morgan fingerprint density at radius 3 is 3.15 bits per heavy atom. The van der Waals surface area contributed by atoms with Crippen molar-refractivity contribution < 1.29 is 9.53 Å². The Bertz CT molecular complexity index is 483. The van der Waals surface area contributed by atoms with Crippen molar-refractivity contribution in [3.05, 3.63) is 17.0 Å². The second-order valence-corrected chi connectivity index (χ2v) is 5.80. The van der Waals surface area contributed by atoms with Crippen LogP contribution in [0.15, 0.2) is 0 Å². The minimum absolute atomic E-state index is 0.100. The number of amides is 1. The van der Waals surface area contributed by atoms with Gasteiger partial charge in [0.2, 0.25) is 0 Å². The molecule has 5 nitrogen and oxygen atoms in total. The highest BCUT2D eigenvalue weighted by molar-refractivity contribution is 5.94. The van der Waals surface area contributed by atoms with Crippen molar-refractivity contribution >= 4 is 5.91 Å². The van der Waals surface area contributed by atoms with Gasteiger partial charge in [-0.25, -0.2) is 0 Å². The summed E-state index contributed by atoms with van der Waals surface area (Å²) in [4.78, 5) is 14.5. The monoisotopic (exact) mass is 277 g/mol. The fourth-order valence-corrected chi connectivity index (χ4v) is 3.25. The lowest BCUT2D eigenvalue weighted by Crippen LogP contribution is -2.30. The van der Waals surface area contributed by atoms with Gasteiger partial charge in [-0.1, -0.05) is 0 Å². The zero-order valence-electron chi connectivity index (χ0n) is 12.2. The van der Waals surface area contributed by atoms with Gasteiger partial charge in [0.25, 0.3) is 5.91 Å². The zero-order valence-corrected chi connectivity index (χ0v) is 12.2. The molecule has 2 aliphatic rings. The third-order valence-corrected chi connectivity index (χ3v) is 4.39. The molecular formula is C15H23N3O2. The molecule has 1 amide bonds. The predicted octanol–water partition coefficient (Wildman–Crippen LogP) is 1.79. The molecule has 1 aromatic rings. The van der Waals surface area contributed by atoms with Gasteiger partial charge in [-0.2, -0.15) is 5.10 Å². The van der Waals surface area contributed by atoms with Gasteiger partial charge in [-0.15, -0.1) is 0 Å². The van der Waals surface area contributed by atoms with Crippen LogP contribution in [0.3, 0.4) is 0 Å². The predicted molar refractivity (Wildman–Crippen MR) is 75.7 cm³/mol. The van der Waals surface area contributed by atoms with Crippen molar-refractivity contribution in [3.63, 3.8) is 0 Å². The van der Waals surface area contributed by atoms with E-state index in [9.17, 15) is 4.79 Å². The maximum atomic E-state index is 12.6. The van der Waals surface area contributed by atoms with E-state index in [0.717, 1.165) is 51.1 Å². The number of fused-ring (bicyclic) bond motifs is 1. The first-order valence-corrected chi connectivity index (χ1v) is 7.72. The van der Waals surface area contributed by atoms with Gasteiger partial charge >= 0.3 is 0 Å². The Balaban J connectivity index is 1.66. The summed E-state index contributed by atoms with van der Waals surface area (Å²) in [6.07, 6.45) is 5.42. The molecule has 1 aromatic heterocycles. The van der Waals surface area contributed by atoms with Crippen LogP contribution in [-0.4, -0.2) is 47.3 Å². The number of H-pyrrole nitrogens is 1. The van der Waals surface area contributed by atoms with E-state index in [-0.39, 0.29) is 5.91 Å². The molecule has 0 saturated carbocycles. The number of carbonyl (C=O) groups is 1. The summed E-state index contributed by atoms with van der Waals surface area (Å²) in [5.74, 6) is 0.581. The molecular weight excluding hydrogens is 254 g/mol. The highest BCUT2D eigenvalue weighted by atomic mass is 16.5. The Labute approximate surface area is 119 Å². The number of aromatic nitrogens is 2. The minimum atomic E-state index is 0.100. The topological polar surface area (TPSA) is 58.2 Å². The van der Waals surface area contributed by atoms with Gasteiger partial charge in [0, 0.05) is 36.9 Å². The van der Waals surface area contributed by atoms with Crippen molar-refractivity contribution in [1.82, 2.24) is 15.1 Å². The lowest BCUT2D eigenvalue weighted by Gasteiger charge is -2.17. The summed E-state index contributed by atoms with van der Waals surface area (Å²) in [6, 6.07) is 0. The number of ether oxygens (including phenoxy) is 1. The molecule has 1 atom stereocenters. The number of nitrogens with zero attached hydrogens (tertiary/aromatic N) is 2. The highest BCUT2D eigenvalue weighted by Crippen LogP contribution is 2.25. The first-order valence-electron chi connectivity index (χ1n) is 7.72. The number of carbonyl (C=O) groups excluding carboxylic acids is 1. The molecule has 0 radical (unpaired) electrons. The van der Waals surface area contributed by atoms with Gasteiger partial charge < -0.3 is 9.64 Å². The quantitative estimate of drug-likeness (QED) is 0.912. The standard InChI is InChI=1S/C15H23N3O2/c1-2-20-10-11-7-8-18(9-11)15(19)14-12-5-3-4-6-13(12)16-17-14/h11H,2-10H2,1H3,(H,16,17)/t11-/m1/s1. The molecule has 1 aliphatic carbocycles. The molecule has 3 rings (SSSR count). The van der Waals surface area contributed by atoms with E-state index < -0.39 is 0 Å². The Morgan fingerprint density at radius 1 is 1.45 bits per heavy atom. The molecule has 2 heterocycles. The third kappa shape index (κ3) is 2.59. The molecule has 1 aliphatic heterocycles. The fraction of sp³-hybridized carbons (Fsp3) is 0.733. The number of aryl methyl sites for hydroxylation is 1. The van der Waals surface area contributed by atoms with Gasteiger partial charge in [0.1, 0.15) is 0 Å². The second-order valence-electron chi connectivity index (χ2n) is 5.80. The number of aromatic amines is 1. The normalized spacial score (nSPS) is 22.1. The SMILES string of the molecule is CCOC[C@@H]1CCN(C(=O)c2n[nH]c3c2CCCC3)C1. The Morgan fingerprint density at radius 2 is 2.30 bits per heavy atom. The van der Waals surface area contributed by atoms with Crippen LogP contribution < -0.4 is 0 Å². The lowest BCUT2D eigenvalue weighted by molar-refractivity contribution is 0.0756. The van der Waals surface area contributed by atoms with Crippen LogP contribution in [0.25, 0.3) is 0 Å². The van der Waals surface area contributed by atoms with E-state index in [1.165, 1.54) is 18.5 Å². The summed E-state index contributed by atoms with van der Waals surface area (Å²) < 4.78 is 5.47. The molecule has 0 aromatic carbocycles. The van der Waals surface area contributed by atoms with Crippen LogP contribution in [0.5, 0.6) is 0 Å². The highest BCUT2D eigenvalue weighted by Gasteiger charge is 2.30. The van der Waals surface area contributed by atoms with Gasteiger partial charge in [-0.3, -0.25) is 9.89 Å². The van der Waals surface area contributed by atoms with Crippen LogP contribution in [-0.2, 0) is 17.6 Å². The molecule has 1 fully saturated rings. The Hall–Kier alpha value is -1.36. The number of hydrogen-bond donors (Lipinski definition) is 1. The molecule has 1 N–H and O–H groups in total. The van der Waals surface area contributed by atoms with Crippen molar-refractivity contribution in [3.8, 4) is 0 Å². The lowest BCUT2D eigenvalue weighted by atomic mass is 9.95. The van der Waals surface area contributed by atoms with Crippen LogP contribution in [0.4, 0.5) is 0 Å². The van der Waals surface area contributed by atoms with Crippen LogP contribution in [0.1, 0.15) is 47.9 Å². The number of nitrogens with one attached hydrogen (secondary N) is 1. The summed E-state index contributed by atoms with van der Waals surface area (Å²) in [7, 11) is 0.